The van der Waals surface area contributed by atoms with Crippen LogP contribution in [0.3, 0.4) is 0 Å². The first-order valence-corrected chi connectivity index (χ1v) is 10.6. The number of amides is 1. The molecule has 1 heterocycles. The Bertz CT molecular complexity index is 982. The minimum absolute atomic E-state index is 0.132. The predicted molar refractivity (Wildman–Crippen MR) is 110 cm³/mol. The summed E-state index contributed by atoms with van der Waals surface area (Å²) in [5.41, 5.74) is 1.12. The molecule has 2 aromatic rings. The van der Waals surface area contributed by atoms with E-state index in [0.29, 0.717) is 29.5 Å². The fraction of sp³-hybridized carbons (Fsp3) is 0.250. The summed E-state index contributed by atoms with van der Waals surface area (Å²) in [7, 11) is -2.12. The molecule has 0 bridgehead atoms. The first-order chi connectivity index (χ1) is 13.4. The number of rotatable bonds is 6. The van der Waals surface area contributed by atoms with Crippen molar-refractivity contribution >= 4 is 39.3 Å². The van der Waals surface area contributed by atoms with Gasteiger partial charge in [-0.3, -0.25) is 4.79 Å². The average molecular weight is 421 g/mol. The van der Waals surface area contributed by atoms with E-state index in [1.165, 1.54) is 29.6 Å². The highest BCUT2D eigenvalue weighted by Crippen LogP contribution is 2.30. The maximum Gasteiger partial charge on any atom is 0.248 e. The van der Waals surface area contributed by atoms with Gasteiger partial charge in [0.2, 0.25) is 15.9 Å². The van der Waals surface area contributed by atoms with E-state index < -0.39 is 15.9 Å². The number of hydrogen-bond donors (Lipinski definition) is 1. The molecule has 1 aliphatic rings. The molecular weight excluding hydrogens is 400 g/mol. The van der Waals surface area contributed by atoms with Gasteiger partial charge in [0.05, 0.1) is 17.7 Å². The fourth-order valence-electron chi connectivity index (χ4n) is 2.94. The van der Waals surface area contributed by atoms with E-state index >= 15 is 0 Å². The lowest BCUT2D eigenvalue weighted by Crippen LogP contribution is -2.28. The van der Waals surface area contributed by atoms with Gasteiger partial charge in [0.1, 0.15) is 5.75 Å². The summed E-state index contributed by atoms with van der Waals surface area (Å²) in [6.07, 6.45) is 4.72. The molecule has 6 nitrogen and oxygen atoms in total. The number of ether oxygens (including phenoxy) is 1. The van der Waals surface area contributed by atoms with Crippen LogP contribution in [0.25, 0.3) is 6.08 Å². The number of nitrogens with one attached hydrogen (secondary N) is 1. The fourth-order valence-corrected chi connectivity index (χ4v) is 4.61. The molecule has 0 aromatic heterocycles. The highest BCUT2D eigenvalue weighted by Gasteiger charge is 2.28. The van der Waals surface area contributed by atoms with Crippen molar-refractivity contribution in [1.29, 1.82) is 0 Å². The zero-order valence-electron chi connectivity index (χ0n) is 15.4. The van der Waals surface area contributed by atoms with Crippen LogP contribution in [-0.4, -0.2) is 38.8 Å². The van der Waals surface area contributed by atoms with E-state index in [1.807, 2.05) is 0 Å². The van der Waals surface area contributed by atoms with Gasteiger partial charge < -0.3 is 10.1 Å². The first-order valence-electron chi connectivity index (χ1n) is 8.83. The van der Waals surface area contributed by atoms with Crippen LogP contribution in [0.1, 0.15) is 18.4 Å². The van der Waals surface area contributed by atoms with E-state index in [4.69, 9.17) is 16.3 Å². The van der Waals surface area contributed by atoms with Crippen LogP contribution in [0.4, 0.5) is 5.69 Å². The number of anilines is 1. The van der Waals surface area contributed by atoms with E-state index in [1.54, 1.807) is 36.4 Å². The Morgan fingerprint density at radius 2 is 1.82 bits per heavy atom. The largest absolute Gasteiger partial charge is 0.495 e. The maximum atomic E-state index is 12.8. The molecule has 0 radical (unpaired) electrons. The van der Waals surface area contributed by atoms with Gasteiger partial charge in [0, 0.05) is 24.2 Å². The summed E-state index contributed by atoms with van der Waals surface area (Å²) in [5, 5.41) is 3.30. The second kappa shape index (κ2) is 8.77. The molecule has 0 spiro atoms. The van der Waals surface area contributed by atoms with Crippen LogP contribution < -0.4 is 10.1 Å². The van der Waals surface area contributed by atoms with Crippen LogP contribution in [-0.2, 0) is 14.8 Å². The number of benzene rings is 2. The van der Waals surface area contributed by atoms with Crippen molar-refractivity contribution in [2.45, 2.75) is 17.7 Å². The normalized spacial score (nSPS) is 15.1. The molecule has 1 aliphatic heterocycles. The molecule has 1 amide bonds. The number of carbonyl (C=O) groups is 1. The molecule has 8 heteroatoms. The van der Waals surface area contributed by atoms with Crippen LogP contribution >= 0.6 is 11.6 Å². The number of nitrogens with zero attached hydrogens (tertiary/aromatic N) is 1. The highest BCUT2D eigenvalue weighted by molar-refractivity contribution is 7.89. The van der Waals surface area contributed by atoms with E-state index in [-0.39, 0.29) is 4.90 Å². The summed E-state index contributed by atoms with van der Waals surface area (Å²) in [6.45, 7) is 1.03. The molecule has 1 fully saturated rings. The Balaban J connectivity index is 1.80. The van der Waals surface area contributed by atoms with Crippen molar-refractivity contribution in [2.75, 3.05) is 25.5 Å². The van der Waals surface area contributed by atoms with Gasteiger partial charge >= 0.3 is 0 Å². The van der Waals surface area contributed by atoms with E-state index in [9.17, 15) is 13.2 Å². The van der Waals surface area contributed by atoms with Crippen molar-refractivity contribution in [3.05, 3.63) is 59.1 Å². The molecule has 2 aromatic carbocycles. The van der Waals surface area contributed by atoms with Crippen LogP contribution in [0.2, 0.25) is 5.02 Å². The summed E-state index contributed by atoms with van der Waals surface area (Å²) in [6, 6.07) is 11.5. The molecule has 0 unspecified atom stereocenters. The third kappa shape index (κ3) is 4.73. The predicted octanol–water partition coefficient (Wildman–Crippen LogP) is 3.79. The zero-order chi connectivity index (χ0) is 20.1. The third-order valence-corrected chi connectivity index (χ3v) is 6.58. The molecule has 0 saturated carbocycles. The minimum atomic E-state index is -3.59. The molecule has 0 atom stereocenters. The average Bonchev–Trinajstić information content (AvgIpc) is 3.23. The lowest BCUT2D eigenvalue weighted by Gasteiger charge is -2.17. The van der Waals surface area contributed by atoms with Gasteiger partial charge in [0.25, 0.3) is 0 Å². The van der Waals surface area contributed by atoms with Gasteiger partial charge in [-0.1, -0.05) is 23.7 Å². The van der Waals surface area contributed by atoms with E-state index in [0.717, 1.165) is 18.4 Å². The van der Waals surface area contributed by atoms with Crippen molar-refractivity contribution in [2.24, 2.45) is 0 Å². The summed E-state index contributed by atoms with van der Waals surface area (Å²) in [5.74, 6) is -0.0161. The lowest BCUT2D eigenvalue weighted by molar-refractivity contribution is -0.111. The molecule has 1 N–H and O–H groups in total. The van der Waals surface area contributed by atoms with Crippen LogP contribution in [0, 0.1) is 0 Å². The smallest absolute Gasteiger partial charge is 0.248 e. The van der Waals surface area contributed by atoms with Gasteiger partial charge in [-0.05, 0) is 54.8 Å². The second-order valence-corrected chi connectivity index (χ2v) is 8.72. The van der Waals surface area contributed by atoms with Gasteiger partial charge in [-0.25, -0.2) is 8.42 Å². The van der Waals surface area contributed by atoms with Crippen LogP contribution in [0.15, 0.2) is 53.4 Å². The van der Waals surface area contributed by atoms with Gasteiger partial charge in [-0.2, -0.15) is 4.31 Å². The quantitative estimate of drug-likeness (QED) is 0.721. The number of hydrogen-bond acceptors (Lipinski definition) is 4. The Kier molecular flexibility index (Phi) is 6.39. The Hall–Kier alpha value is -2.35. The molecule has 0 aliphatic carbocycles. The van der Waals surface area contributed by atoms with Crippen molar-refractivity contribution in [3.8, 4) is 5.75 Å². The van der Waals surface area contributed by atoms with Crippen molar-refractivity contribution in [1.82, 2.24) is 4.31 Å². The van der Waals surface area contributed by atoms with Gasteiger partial charge in [-0.15, -0.1) is 0 Å². The molecule has 3 rings (SSSR count). The topological polar surface area (TPSA) is 75.7 Å². The lowest BCUT2D eigenvalue weighted by atomic mass is 10.2. The third-order valence-electron chi connectivity index (χ3n) is 4.43. The molecule has 1 saturated heterocycles. The van der Waals surface area contributed by atoms with Crippen LogP contribution in [0.5, 0.6) is 5.75 Å². The summed E-state index contributed by atoms with van der Waals surface area (Å²) >= 11 is 5.84. The summed E-state index contributed by atoms with van der Waals surface area (Å²) in [4.78, 5) is 12.4. The van der Waals surface area contributed by atoms with Crippen molar-refractivity contribution < 1.29 is 17.9 Å². The highest BCUT2D eigenvalue weighted by atomic mass is 35.5. The SMILES string of the molecule is COc1ccc(S(=O)(=O)N2CCCC2)cc1NC(=O)/C=C/c1ccc(Cl)cc1. The number of sulfonamides is 1. The molecular formula is C20H21ClN2O4S. The minimum Gasteiger partial charge on any atom is -0.495 e. The van der Waals surface area contributed by atoms with Gasteiger partial charge in [0.15, 0.2) is 0 Å². The number of carbonyl (C=O) groups excluding carboxylic acids is 1. The Labute approximate surface area is 169 Å². The van der Waals surface area contributed by atoms with Crippen molar-refractivity contribution in [3.63, 3.8) is 0 Å². The number of halogens is 1. The molecule has 28 heavy (non-hydrogen) atoms. The summed E-state index contributed by atoms with van der Waals surface area (Å²) < 4.78 is 32.2. The standard InChI is InChI=1S/C20H21ClN2O4S/c1-27-19-10-9-17(28(25,26)23-12-2-3-13-23)14-18(19)22-20(24)11-6-15-4-7-16(21)8-5-15/h4-11,14H,2-3,12-13H2,1H3,(H,22,24)/b11-6+. The zero-order valence-corrected chi connectivity index (χ0v) is 17.0. The Morgan fingerprint density at radius 1 is 1.14 bits per heavy atom. The number of methoxy groups -OCH3 is 1. The first kappa shape index (κ1) is 20.4. The monoisotopic (exact) mass is 420 g/mol. The van der Waals surface area contributed by atoms with E-state index in [2.05, 4.69) is 5.32 Å². The second-order valence-electron chi connectivity index (χ2n) is 6.35. The Morgan fingerprint density at radius 3 is 2.46 bits per heavy atom. The molecule has 148 valence electrons. The maximum absolute atomic E-state index is 12.8.